The zero-order valence-electron chi connectivity index (χ0n) is 34.0. The van der Waals surface area contributed by atoms with E-state index in [2.05, 4.69) is 222 Å². The van der Waals surface area contributed by atoms with Crippen LogP contribution >= 0.6 is 0 Å². The molecule has 0 saturated heterocycles. The quantitative estimate of drug-likeness (QED) is 0.124. The molecule has 0 bridgehead atoms. The Morgan fingerprint density at radius 1 is 0.288 bits per heavy atom. The molecule has 0 heteroatoms. The molecule has 0 aliphatic rings. The van der Waals surface area contributed by atoms with Gasteiger partial charge in [0, 0.05) is 0 Å². The highest BCUT2D eigenvalue weighted by molar-refractivity contribution is 6.25. The molecule has 0 amide bonds. The van der Waals surface area contributed by atoms with Gasteiger partial charge in [0.1, 0.15) is 0 Å². The summed E-state index contributed by atoms with van der Waals surface area (Å²) in [6, 6.07) is 73.2. The standard InChI is InChI=1S/C59H44/c1-37-21-23-39(24-22-37)43-34-54(53-32-41-13-5-7-15-46(41)49-17-9-11-19-51(49)53)55-36-44-31-40(38-25-28-45(29-26-38)59(2,3)4)27-30-48(44)58(57(55)35-43)56-33-42-14-6-8-16-47(42)50-18-10-12-20-52(50)56/h5-36H,1-4H3. The van der Waals surface area contributed by atoms with E-state index in [1.807, 2.05) is 0 Å². The van der Waals surface area contributed by atoms with Crippen molar-refractivity contribution in [3.8, 4) is 44.5 Å². The van der Waals surface area contributed by atoms with Crippen LogP contribution in [-0.2, 0) is 5.41 Å². The van der Waals surface area contributed by atoms with Crippen LogP contribution in [0.1, 0.15) is 31.9 Å². The summed E-state index contributed by atoms with van der Waals surface area (Å²) in [4.78, 5) is 0. The van der Waals surface area contributed by atoms with Gasteiger partial charge < -0.3 is 0 Å². The summed E-state index contributed by atoms with van der Waals surface area (Å²) in [7, 11) is 0. The lowest BCUT2D eigenvalue weighted by molar-refractivity contribution is 0.590. The molecule has 59 heavy (non-hydrogen) atoms. The smallest absolute Gasteiger partial charge is 0.00199 e. The summed E-state index contributed by atoms with van der Waals surface area (Å²) in [6.45, 7) is 9.00. The second-order valence-corrected chi connectivity index (χ2v) is 17.4. The Hall–Kier alpha value is -7.02. The SMILES string of the molecule is Cc1ccc(-c2cc(-c3cc4ccccc4c4ccccc34)c3cc4cc(-c5ccc(C(C)(C)C)cc5)ccc4c(-c4cc5ccccc5c5ccccc45)c3c2)cc1. The molecule has 0 fully saturated rings. The fourth-order valence-electron chi connectivity index (χ4n) is 9.53. The first-order valence-electron chi connectivity index (χ1n) is 20.8. The van der Waals surface area contributed by atoms with Crippen molar-refractivity contribution in [2.45, 2.75) is 33.1 Å². The molecule has 0 unspecified atom stereocenters. The Bertz CT molecular complexity index is 3450. The number of hydrogen-bond acceptors (Lipinski definition) is 0. The number of benzene rings is 11. The molecular weight excluding hydrogens is 709 g/mol. The van der Waals surface area contributed by atoms with Gasteiger partial charge in [0.15, 0.2) is 0 Å². The molecule has 11 aromatic carbocycles. The summed E-state index contributed by atoms with van der Waals surface area (Å²) in [5.41, 5.74) is 12.6. The normalized spacial score (nSPS) is 12.1. The second-order valence-electron chi connectivity index (χ2n) is 17.4. The van der Waals surface area contributed by atoms with E-state index in [-0.39, 0.29) is 5.41 Å². The van der Waals surface area contributed by atoms with Crippen LogP contribution in [-0.4, -0.2) is 0 Å². The maximum atomic E-state index is 2.47. The monoisotopic (exact) mass is 752 g/mol. The maximum absolute atomic E-state index is 2.47. The zero-order valence-corrected chi connectivity index (χ0v) is 34.0. The first-order valence-corrected chi connectivity index (χ1v) is 20.8. The van der Waals surface area contributed by atoms with Crippen LogP contribution in [0.4, 0.5) is 0 Å². The van der Waals surface area contributed by atoms with E-state index in [9.17, 15) is 0 Å². The minimum atomic E-state index is 0.0964. The molecule has 0 radical (unpaired) electrons. The van der Waals surface area contributed by atoms with Crippen LogP contribution in [0.25, 0.3) is 109 Å². The van der Waals surface area contributed by atoms with Gasteiger partial charge in [-0.25, -0.2) is 0 Å². The van der Waals surface area contributed by atoms with Gasteiger partial charge >= 0.3 is 0 Å². The van der Waals surface area contributed by atoms with Crippen molar-refractivity contribution in [1.29, 1.82) is 0 Å². The van der Waals surface area contributed by atoms with E-state index in [1.165, 1.54) is 120 Å². The highest BCUT2D eigenvalue weighted by Crippen LogP contribution is 2.48. The number of fused-ring (bicyclic) bond motifs is 8. The summed E-state index contributed by atoms with van der Waals surface area (Å²) in [6.07, 6.45) is 0. The van der Waals surface area contributed by atoms with Gasteiger partial charge in [0.05, 0.1) is 0 Å². The fraction of sp³-hybridized carbons (Fsp3) is 0.0847. The van der Waals surface area contributed by atoms with Crippen molar-refractivity contribution in [1.82, 2.24) is 0 Å². The lowest BCUT2D eigenvalue weighted by atomic mass is 9.82. The van der Waals surface area contributed by atoms with E-state index in [1.54, 1.807) is 0 Å². The average molecular weight is 753 g/mol. The van der Waals surface area contributed by atoms with Gasteiger partial charge in [0.2, 0.25) is 0 Å². The van der Waals surface area contributed by atoms with Crippen molar-refractivity contribution in [2.24, 2.45) is 0 Å². The van der Waals surface area contributed by atoms with Crippen molar-refractivity contribution in [3.63, 3.8) is 0 Å². The fourth-order valence-corrected chi connectivity index (χ4v) is 9.53. The van der Waals surface area contributed by atoms with Crippen LogP contribution in [0.15, 0.2) is 194 Å². The molecule has 280 valence electrons. The second kappa shape index (κ2) is 13.5. The van der Waals surface area contributed by atoms with Crippen LogP contribution in [0, 0.1) is 6.92 Å². The average Bonchev–Trinajstić information content (AvgIpc) is 3.27. The van der Waals surface area contributed by atoms with Crippen LogP contribution in [0.5, 0.6) is 0 Å². The maximum Gasteiger partial charge on any atom is -0.00199 e. The molecule has 0 aliphatic heterocycles. The Morgan fingerprint density at radius 2 is 0.780 bits per heavy atom. The minimum Gasteiger partial charge on any atom is -0.0616 e. The number of hydrogen-bond donors (Lipinski definition) is 0. The van der Waals surface area contributed by atoms with E-state index < -0.39 is 0 Å². The van der Waals surface area contributed by atoms with Gasteiger partial charge in [-0.2, -0.15) is 0 Å². The first kappa shape index (κ1) is 35.2. The van der Waals surface area contributed by atoms with Crippen LogP contribution in [0.3, 0.4) is 0 Å². The third-order valence-electron chi connectivity index (χ3n) is 12.6. The number of rotatable bonds is 4. The van der Waals surface area contributed by atoms with Crippen molar-refractivity contribution < 1.29 is 0 Å². The van der Waals surface area contributed by atoms with E-state index in [0.29, 0.717) is 0 Å². The molecule has 0 saturated carbocycles. The van der Waals surface area contributed by atoms with E-state index >= 15 is 0 Å². The molecule has 11 aromatic rings. The summed E-state index contributed by atoms with van der Waals surface area (Å²) >= 11 is 0. The largest absolute Gasteiger partial charge is 0.0616 e. The molecule has 0 aromatic heterocycles. The summed E-state index contributed by atoms with van der Waals surface area (Å²) in [5, 5.41) is 15.1. The highest BCUT2D eigenvalue weighted by Gasteiger charge is 2.21. The summed E-state index contributed by atoms with van der Waals surface area (Å²) in [5.74, 6) is 0. The molecule has 0 spiro atoms. The third kappa shape index (κ3) is 5.90. The Labute approximate surface area is 346 Å². The van der Waals surface area contributed by atoms with Crippen molar-refractivity contribution in [3.05, 3.63) is 205 Å². The van der Waals surface area contributed by atoms with Gasteiger partial charge in [0.25, 0.3) is 0 Å². The Kier molecular flexibility index (Phi) is 8.07. The number of aryl methyl sites for hydroxylation is 1. The first-order chi connectivity index (χ1) is 28.8. The lowest BCUT2D eigenvalue weighted by Gasteiger charge is -2.21. The van der Waals surface area contributed by atoms with Crippen molar-refractivity contribution in [2.75, 3.05) is 0 Å². The molecule has 0 N–H and O–H groups in total. The topological polar surface area (TPSA) is 0 Å². The molecule has 0 heterocycles. The zero-order chi connectivity index (χ0) is 39.8. The van der Waals surface area contributed by atoms with Gasteiger partial charge in [-0.15, -0.1) is 0 Å². The summed E-state index contributed by atoms with van der Waals surface area (Å²) < 4.78 is 0. The van der Waals surface area contributed by atoms with Gasteiger partial charge in [-0.05, 0) is 163 Å². The Morgan fingerprint density at radius 3 is 1.41 bits per heavy atom. The van der Waals surface area contributed by atoms with E-state index in [0.717, 1.165) is 0 Å². The highest BCUT2D eigenvalue weighted by atomic mass is 14.2. The molecule has 11 rings (SSSR count). The van der Waals surface area contributed by atoms with Crippen LogP contribution < -0.4 is 0 Å². The van der Waals surface area contributed by atoms with Gasteiger partial charge in [-0.3, -0.25) is 0 Å². The predicted molar refractivity (Wildman–Crippen MR) is 257 cm³/mol. The van der Waals surface area contributed by atoms with Gasteiger partial charge in [-0.1, -0.05) is 184 Å². The predicted octanol–water partition coefficient (Wildman–Crippen LogP) is 16.9. The molecule has 0 atom stereocenters. The Balaban J connectivity index is 1.31. The van der Waals surface area contributed by atoms with E-state index in [4.69, 9.17) is 0 Å². The minimum absolute atomic E-state index is 0.0964. The molecular formula is C59H44. The molecule has 0 aliphatic carbocycles. The molecule has 0 nitrogen and oxygen atoms in total. The van der Waals surface area contributed by atoms with Crippen molar-refractivity contribution >= 4 is 64.6 Å². The third-order valence-corrected chi connectivity index (χ3v) is 12.6. The van der Waals surface area contributed by atoms with Crippen LogP contribution in [0.2, 0.25) is 0 Å². The lowest BCUT2D eigenvalue weighted by Crippen LogP contribution is -2.10.